The van der Waals surface area contributed by atoms with Gasteiger partial charge >= 0.3 is 0 Å². The summed E-state index contributed by atoms with van der Waals surface area (Å²) in [5.41, 5.74) is 0. The van der Waals surface area contributed by atoms with Crippen molar-refractivity contribution in [1.29, 1.82) is 0 Å². The van der Waals surface area contributed by atoms with Crippen LogP contribution >= 0.6 is 11.8 Å². The minimum Gasteiger partial charge on any atom is -0.316 e. The van der Waals surface area contributed by atoms with Crippen LogP contribution in [0.2, 0.25) is 0 Å². The molecule has 1 aromatic carbocycles. The predicted octanol–water partition coefficient (Wildman–Crippen LogP) is 3.94. The Kier molecular flexibility index (Phi) is 4.68. The number of thioether (sulfide) groups is 1. The number of hydrogen-bond acceptors (Lipinski definition) is 2. The zero-order valence-corrected chi connectivity index (χ0v) is 12.1. The fourth-order valence-electron chi connectivity index (χ4n) is 3.00. The standard InChI is InChI=1S/C15H22FNS/c1-10-8-11(2)15(13(9-10)17-3)18-14-7-5-4-6-12(14)16/h4-7,10-11,13,15,17H,8-9H2,1-3H3. The molecule has 0 aromatic heterocycles. The van der Waals surface area contributed by atoms with Crippen LogP contribution in [0.3, 0.4) is 0 Å². The summed E-state index contributed by atoms with van der Waals surface area (Å²) in [5.74, 6) is 1.29. The van der Waals surface area contributed by atoms with Crippen LogP contribution in [-0.2, 0) is 0 Å². The molecule has 1 nitrogen and oxygen atoms in total. The van der Waals surface area contributed by atoms with Crippen LogP contribution < -0.4 is 5.32 Å². The third kappa shape index (κ3) is 3.07. The van der Waals surface area contributed by atoms with Gasteiger partial charge in [-0.2, -0.15) is 0 Å². The lowest BCUT2D eigenvalue weighted by Gasteiger charge is -2.39. The van der Waals surface area contributed by atoms with Crippen LogP contribution in [-0.4, -0.2) is 18.3 Å². The maximum absolute atomic E-state index is 13.7. The molecule has 1 N–H and O–H groups in total. The van der Waals surface area contributed by atoms with E-state index in [1.165, 1.54) is 12.8 Å². The lowest BCUT2D eigenvalue weighted by Crippen LogP contribution is -2.44. The molecule has 3 heteroatoms. The molecule has 0 saturated heterocycles. The third-order valence-corrected chi connectivity index (χ3v) is 5.51. The molecule has 0 aliphatic heterocycles. The fraction of sp³-hybridized carbons (Fsp3) is 0.600. The summed E-state index contributed by atoms with van der Waals surface area (Å²) in [4.78, 5) is 0.782. The van der Waals surface area contributed by atoms with E-state index >= 15 is 0 Å². The van der Waals surface area contributed by atoms with E-state index in [-0.39, 0.29) is 5.82 Å². The number of rotatable bonds is 3. The third-order valence-electron chi connectivity index (χ3n) is 3.86. The maximum atomic E-state index is 13.7. The second-order valence-electron chi connectivity index (χ2n) is 5.46. The summed E-state index contributed by atoms with van der Waals surface area (Å²) < 4.78 is 13.7. The molecule has 1 aromatic rings. The van der Waals surface area contributed by atoms with Crippen molar-refractivity contribution >= 4 is 11.8 Å². The van der Waals surface area contributed by atoms with Crippen LogP contribution in [0.4, 0.5) is 4.39 Å². The lowest BCUT2D eigenvalue weighted by molar-refractivity contribution is 0.257. The number of halogens is 1. The van der Waals surface area contributed by atoms with Crippen LogP contribution in [0, 0.1) is 17.7 Å². The van der Waals surface area contributed by atoms with Gasteiger partial charge in [0.2, 0.25) is 0 Å². The van der Waals surface area contributed by atoms with Gasteiger partial charge in [-0.15, -0.1) is 11.8 Å². The van der Waals surface area contributed by atoms with Gasteiger partial charge in [0.1, 0.15) is 5.82 Å². The minimum atomic E-state index is -0.0943. The average Bonchev–Trinajstić information content (AvgIpc) is 2.34. The van der Waals surface area contributed by atoms with E-state index in [2.05, 4.69) is 19.2 Å². The van der Waals surface area contributed by atoms with Gasteiger partial charge in [0.05, 0.1) is 0 Å². The van der Waals surface area contributed by atoms with Gasteiger partial charge in [0, 0.05) is 16.2 Å². The first-order chi connectivity index (χ1) is 8.61. The molecule has 18 heavy (non-hydrogen) atoms. The topological polar surface area (TPSA) is 12.0 Å². The Balaban J connectivity index is 2.13. The van der Waals surface area contributed by atoms with E-state index in [0.717, 1.165) is 10.8 Å². The van der Waals surface area contributed by atoms with Gasteiger partial charge in [0.25, 0.3) is 0 Å². The van der Waals surface area contributed by atoms with Crippen molar-refractivity contribution in [2.24, 2.45) is 11.8 Å². The number of hydrogen-bond donors (Lipinski definition) is 1. The highest BCUT2D eigenvalue weighted by Crippen LogP contribution is 2.40. The van der Waals surface area contributed by atoms with Gasteiger partial charge < -0.3 is 5.32 Å². The monoisotopic (exact) mass is 267 g/mol. The Morgan fingerprint density at radius 2 is 1.94 bits per heavy atom. The molecule has 1 fully saturated rings. The highest BCUT2D eigenvalue weighted by molar-refractivity contribution is 8.00. The zero-order chi connectivity index (χ0) is 13.1. The van der Waals surface area contributed by atoms with Crippen LogP contribution in [0.5, 0.6) is 0 Å². The Bertz CT molecular complexity index is 396. The quantitative estimate of drug-likeness (QED) is 0.890. The molecule has 4 unspecified atom stereocenters. The van der Waals surface area contributed by atoms with Crippen molar-refractivity contribution in [3.05, 3.63) is 30.1 Å². The van der Waals surface area contributed by atoms with Crippen molar-refractivity contribution in [2.75, 3.05) is 7.05 Å². The van der Waals surface area contributed by atoms with Crippen molar-refractivity contribution < 1.29 is 4.39 Å². The molecule has 4 atom stereocenters. The molecule has 0 spiro atoms. The van der Waals surface area contributed by atoms with E-state index in [9.17, 15) is 4.39 Å². The first-order valence-electron chi connectivity index (χ1n) is 6.70. The second-order valence-corrected chi connectivity index (χ2v) is 6.68. The first-order valence-corrected chi connectivity index (χ1v) is 7.58. The molecule has 0 radical (unpaired) electrons. The van der Waals surface area contributed by atoms with Crippen molar-refractivity contribution in [2.45, 2.75) is 42.9 Å². The summed E-state index contributed by atoms with van der Waals surface area (Å²) >= 11 is 1.70. The van der Waals surface area contributed by atoms with Gasteiger partial charge in [-0.3, -0.25) is 0 Å². The Morgan fingerprint density at radius 3 is 2.61 bits per heavy atom. The Labute approximate surface area is 114 Å². The van der Waals surface area contributed by atoms with Gasteiger partial charge in [-0.05, 0) is 43.9 Å². The fourth-order valence-corrected chi connectivity index (χ4v) is 4.38. The summed E-state index contributed by atoms with van der Waals surface area (Å²) in [6.07, 6.45) is 2.43. The summed E-state index contributed by atoms with van der Waals surface area (Å²) in [7, 11) is 2.02. The Hall–Kier alpha value is -0.540. The molecular weight excluding hydrogens is 245 g/mol. The highest BCUT2D eigenvalue weighted by Gasteiger charge is 2.34. The summed E-state index contributed by atoms with van der Waals surface area (Å²) in [5, 5.41) is 3.87. The van der Waals surface area contributed by atoms with Crippen molar-refractivity contribution in [1.82, 2.24) is 5.32 Å². The normalized spacial score (nSPS) is 32.4. The first kappa shape index (κ1) is 13.9. The van der Waals surface area contributed by atoms with Crippen molar-refractivity contribution in [3.8, 4) is 0 Å². The van der Waals surface area contributed by atoms with Gasteiger partial charge in [0.15, 0.2) is 0 Å². The van der Waals surface area contributed by atoms with E-state index in [4.69, 9.17) is 0 Å². The predicted molar refractivity (Wildman–Crippen MR) is 76.5 cm³/mol. The molecule has 0 heterocycles. The summed E-state index contributed by atoms with van der Waals surface area (Å²) in [6.45, 7) is 4.60. The van der Waals surface area contributed by atoms with Crippen LogP contribution in [0.15, 0.2) is 29.2 Å². The maximum Gasteiger partial charge on any atom is 0.136 e. The highest BCUT2D eigenvalue weighted by atomic mass is 32.2. The molecule has 2 rings (SSSR count). The van der Waals surface area contributed by atoms with E-state index in [0.29, 0.717) is 17.2 Å². The molecule has 1 saturated carbocycles. The van der Waals surface area contributed by atoms with Crippen LogP contribution in [0.1, 0.15) is 26.7 Å². The van der Waals surface area contributed by atoms with E-state index < -0.39 is 0 Å². The largest absolute Gasteiger partial charge is 0.316 e. The smallest absolute Gasteiger partial charge is 0.136 e. The van der Waals surface area contributed by atoms with Gasteiger partial charge in [-0.1, -0.05) is 26.0 Å². The second kappa shape index (κ2) is 6.07. The molecule has 1 aliphatic rings. The molecular formula is C15H22FNS. The summed E-state index contributed by atoms with van der Waals surface area (Å²) in [6, 6.07) is 7.58. The van der Waals surface area contributed by atoms with E-state index in [1.54, 1.807) is 23.9 Å². The molecule has 0 amide bonds. The van der Waals surface area contributed by atoms with Crippen molar-refractivity contribution in [3.63, 3.8) is 0 Å². The lowest BCUT2D eigenvalue weighted by atomic mass is 9.80. The average molecular weight is 267 g/mol. The Morgan fingerprint density at radius 1 is 1.22 bits per heavy atom. The SMILES string of the molecule is CNC1CC(C)CC(C)C1Sc1ccccc1F. The molecule has 0 bridgehead atoms. The van der Waals surface area contributed by atoms with E-state index in [1.807, 2.05) is 19.2 Å². The molecule has 1 aliphatic carbocycles. The van der Waals surface area contributed by atoms with Gasteiger partial charge in [-0.25, -0.2) is 4.39 Å². The van der Waals surface area contributed by atoms with Crippen LogP contribution in [0.25, 0.3) is 0 Å². The number of nitrogens with one attached hydrogen (secondary N) is 1. The number of benzene rings is 1. The minimum absolute atomic E-state index is 0.0943. The molecule has 100 valence electrons. The zero-order valence-electron chi connectivity index (χ0n) is 11.3.